The lowest BCUT2D eigenvalue weighted by atomic mass is 10.0. The van der Waals surface area contributed by atoms with Gasteiger partial charge in [-0.15, -0.1) is 5.10 Å². The minimum atomic E-state index is -4.42. The van der Waals surface area contributed by atoms with Crippen molar-refractivity contribution in [3.8, 4) is 0 Å². The molecular formula is C11H11BrF3N5. The van der Waals surface area contributed by atoms with Gasteiger partial charge in [-0.25, -0.2) is 5.43 Å². The molecule has 0 radical (unpaired) electrons. The Morgan fingerprint density at radius 1 is 1.40 bits per heavy atom. The average molecular weight is 350 g/mol. The van der Waals surface area contributed by atoms with E-state index in [-0.39, 0.29) is 0 Å². The van der Waals surface area contributed by atoms with Crippen molar-refractivity contribution in [3.63, 3.8) is 0 Å². The number of hydrogen-bond acceptors (Lipinski definition) is 4. The second-order valence-electron chi connectivity index (χ2n) is 4.12. The second kappa shape index (κ2) is 5.51. The highest BCUT2D eigenvalue weighted by Gasteiger charge is 2.32. The molecule has 0 saturated carbocycles. The first-order chi connectivity index (χ1) is 9.34. The number of alkyl halides is 3. The third-order valence-corrected chi connectivity index (χ3v) is 3.57. The van der Waals surface area contributed by atoms with Gasteiger partial charge in [-0.05, 0) is 23.8 Å². The van der Waals surface area contributed by atoms with Crippen LogP contribution in [0.4, 0.5) is 13.2 Å². The van der Waals surface area contributed by atoms with Gasteiger partial charge in [0.2, 0.25) is 0 Å². The standard InChI is InChI=1S/C11H11BrF3N5/c1-20-9(5-17-19-20)10(18-16)7-4-6(11(13,14)15)2-3-8(7)12/h2-5,10,18H,16H2,1H3. The summed E-state index contributed by atoms with van der Waals surface area (Å²) in [6, 6.07) is 2.72. The summed E-state index contributed by atoms with van der Waals surface area (Å²) in [7, 11) is 1.63. The molecule has 3 N–H and O–H groups in total. The molecular weight excluding hydrogens is 339 g/mol. The predicted octanol–water partition coefficient (Wildman–Crippen LogP) is 2.15. The molecule has 0 aliphatic carbocycles. The van der Waals surface area contributed by atoms with Crippen molar-refractivity contribution in [2.24, 2.45) is 12.9 Å². The highest BCUT2D eigenvalue weighted by atomic mass is 79.9. The topological polar surface area (TPSA) is 68.8 Å². The normalized spacial score (nSPS) is 13.5. The number of benzene rings is 1. The molecule has 0 amide bonds. The van der Waals surface area contributed by atoms with E-state index in [0.717, 1.165) is 12.1 Å². The van der Waals surface area contributed by atoms with Crippen LogP contribution in [-0.2, 0) is 13.2 Å². The van der Waals surface area contributed by atoms with Crippen LogP contribution >= 0.6 is 15.9 Å². The van der Waals surface area contributed by atoms with Gasteiger partial charge in [0.1, 0.15) is 0 Å². The van der Waals surface area contributed by atoms with Crippen molar-refractivity contribution >= 4 is 15.9 Å². The summed E-state index contributed by atoms with van der Waals surface area (Å²) in [5, 5.41) is 7.44. The van der Waals surface area contributed by atoms with E-state index in [4.69, 9.17) is 5.84 Å². The Labute approximate surface area is 121 Å². The Bertz CT molecular complexity index is 610. The van der Waals surface area contributed by atoms with Crippen LogP contribution in [0.3, 0.4) is 0 Å². The smallest absolute Gasteiger partial charge is 0.271 e. The number of hydrogen-bond donors (Lipinski definition) is 2. The molecule has 1 heterocycles. The van der Waals surface area contributed by atoms with E-state index in [9.17, 15) is 13.2 Å². The summed E-state index contributed by atoms with van der Waals surface area (Å²) < 4.78 is 40.3. The van der Waals surface area contributed by atoms with E-state index in [1.807, 2.05) is 0 Å². The van der Waals surface area contributed by atoms with Gasteiger partial charge in [-0.2, -0.15) is 13.2 Å². The van der Waals surface area contributed by atoms with E-state index in [2.05, 4.69) is 31.7 Å². The number of hydrazine groups is 1. The van der Waals surface area contributed by atoms with Crippen molar-refractivity contribution in [2.75, 3.05) is 0 Å². The van der Waals surface area contributed by atoms with E-state index in [1.54, 1.807) is 7.05 Å². The van der Waals surface area contributed by atoms with E-state index in [0.29, 0.717) is 15.7 Å². The van der Waals surface area contributed by atoms with Crippen LogP contribution in [0.2, 0.25) is 0 Å². The quantitative estimate of drug-likeness (QED) is 0.658. The molecule has 5 nitrogen and oxygen atoms in total. The van der Waals surface area contributed by atoms with Crippen molar-refractivity contribution < 1.29 is 13.2 Å². The largest absolute Gasteiger partial charge is 0.416 e. The van der Waals surface area contributed by atoms with Gasteiger partial charge in [0.25, 0.3) is 0 Å². The first-order valence-corrected chi connectivity index (χ1v) is 6.31. The first kappa shape index (κ1) is 14.9. The van der Waals surface area contributed by atoms with Crippen molar-refractivity contribution in [3.05, 3.63) is 45.7 Å². The third-order valence-electron chi connectivity index (χ3n) is 2.85. The molecule has 0 bridgehead atoms. The fourth-order valence-corrected chi connectivity index (χ4v) is 2.31. The molecule has 1 atom stereocenters. The Morgan fingerprint density at radius 3 is 2.60 bits per heavy atom. The number of halogens is 4. The third kappa shape index (κ3) is 2.84. The minimum Gasteiger partial charge on any atom is -0.271 e. The molecule has 1 aromatic heterocycles. The molecule has 2 aromatic rings. The molecule has 0 saturated heterocycles. The summed E-state index contributed by atoms with van der Waals surface area (Å²) in [5.74, 6) is 5.47. The second-order valence-corrected chi connectivity index (χ2v) is 4.97. The molecule has 2 rings (SSSR count). The Morgan fingerprint density at radius 2 is 2.10 bits per heavy atom. The van der Waals surface area contributed by atoms with Crippen LogP contribution < -0.4 is 11.3 Å². The fourth-order valence-electron chi connectivity index (χ4n) is 1.83. The summed E-state index contributed by atoms with van der Waals surface area (Å²) in [6.45, 7) is 0. The number of aromatic nitrogens is 3. The van der Waals surface area contributed by atoms with E-state index >= 15 is 0 Å². The van der Waals surface area contributed by atoms with E-state index in [1.165, 1.54) is 16.9 Å². The summed E-state index contributed by atoms with van der Waals surface area (Å²) in [5.41, 5.74) is 2.64. The molecule has 108 valence electrons. The molecule has 9 heteroatoms. The number of rotatable bonds is 3. The molecule has 0 spiro atoms. The molecule has 20 heavy (non-hydrogen) atoms. The zero-order valence-corrected chi connectivity index (χ0v) is 11.9. The monoisotopic (exact) mass is 349 g/mol. The van der Waals surface area contributed by atoms with Gasteiger partial charge in [0.15, 0.2) is 0 Å². The molecule has 0 aliphatic heterocycles. The van der Waals surface area contributed by atoms with Gasteiger partial charge < -0.3 is 0 Å². The van der Waals surface area contributed by atoms with Crippen LogP contribution in [0.1, 0.15) is 22.9 Å². The Balaban J connectivity index is 2.52. The van der Waals surface area contributed by atoms with Crippen molar-refractivity contribution in [1.82, 2.24) is 20.4 Å². The predicted molar refractivity (Wildman–Crippen MR) is 69.3 cm³/mol. The molecule has 0 fully saturated rings. The number of nitrogens with one attached hydrogen (secondary N) is 1. The lowest BCUT2D eigenvalue weighted by molar-refractivity contribution is -0.137. The SMILES string of the molecule is Cn1nncc1C(NN)c1cc(C(F)(F)F)ccc1Br. The lowest BCUT2D eigenvalue weighted by Gasteiger charge is -2.19. The molecule has 1 aromatic carbocycles. The van der Waals surface area contributed by atoms with Crippen LogP contribution in [0.25, 0.3) is 0 Å². The highest BCUT2D eigenvalue weighted by molar-refractivity contribution is 9.10. The van der Waals surface area contributed by atoms with Gasteiger partial charge in [-0.1, -0.05) is 21.1 Å². The van der Waals surface area contributed by atoms with Gasteiger partial charge in [-0.3, -0.25) is 10.5 Å². The van der Waals surface area contributed by atoms with Crippen LogP contribution in [0.5, 0.6) is 0 Å². The summed E-state index contributed by atoms with van der Waals surface area (Å²) in [4.78, 5) is 0. The van der Waals surface area contributed by atoms with Gasteiger partial charge in [0.05, 0.1) is 23.5 Å². The maximum Gasteiger partial charge on any atom is 0.416 e. The maximum atomic E-state index is 12.8. The summed E-state index contributed by atoms with van der Waals surface area (Å²) >= 11 is 3.24. The molecule has 1 unspecified atom stereocenters. The van der Waals surface area contributed by atoms with Crippen molar-refractivity contribution in [2.45, 2.75) is 12.2 Å². The van der Waals surface area contributed by atoms with Crippen LogP contribution in [-0.4, -0.2) is 15.0 Å². The number of aryl methyl sites for hydroxylation is 1. The molecule has 0 aliphatic rings. The van der Waals surface area contributed by atoms with Crippen LogP contribution in [0.15, 0.2) is 28.9 Å². The number of nitrogens with two attached hydrogens (primary N) is 1. The average Bonchev–Trinajstić information content (AvgIpc) is 2.78. The van der Waals surface area contributed by atoms with Gasteiger partial charge >= 0.3 is 6.18 Å². The zero-order chi connectivity index (χ0) is 14.9. The Hall–Kier alpha value is -1.45. The maximum absolute atomic E-state index is 12.8. The lowest BCUT2D eigenvalue weighted by Crippen LogP contribution is -2.31. The number of nitrogens with zero attached hydrogens (tertiary/aromatic N) is 3. The van der Waals surface area contributed by atoms with Gasteiger partial charge in [0, 0.05) is 11.5 Å². The van der Waals surface area contributed by atoms with E-state index < -0.39 is 17.8 Å². The Kier molecular flexibility index (Phi) is 4.11. The highest BCUT2D eigenvalue weighted by Crippen LogP contribution is 2.35. The van der Waals surface area contributed by atoms with Crippen LogP contribution in [0, 0.1) is 0 Å². The fraction of sp³-hybridized carbons (Fsp3) is 0.273. The summed E-state index contributed by atoms with van der Waals surface area (Å²) in [6.07, 6.45) is -2.98. The minimum absolute atomic E-state index is 0.354. The van der Waals surface area contributed by atoms with Crippen molar-refractivity contribution in [1.29, 1.82) is 0 Å². The first-order valence-electron chi connectivity index (χ1n) is 5.52. The zero-order valence-electron chi connectivity index (χ0n) is 10.3.